The maximum Gasteiger partial charge on any atom is 0.411 e. The van der Waals surface area contributed by atoms with Gasteiger partial charge in [0.1, 0.15) is 34.6 Å². The molecule has 0 bridgehead atoms. The number of carbonyl (C=O) groups excluding carboxylic acids is 1. The number of amides is 1. The Morgan fingerprint density at radius 3 is 2.46 bits per heavy atom. The highest BCUT2D eigenvalue weighted by molar-refractivity contribution is 6.04. The number of aliphatic carboxylic acids is 1. The molecule has 1 aliphatic heterocycles. The number of para-hydroxylation sites is 1. The van der Waals surface area contributed by atoms with E-state index in [0.29, 0.717) is 22.5 Å². The zero-order valence-corrected chi connectivity index (χ0v) is 22.5. The molecule has 39 heavy (non-hydrogen) atoms. The van der Waals surface area contributed by atoms with Crippen molar-refractivity contribution in [3.8, 4) is 23.0 Å². The largest absolute Gasteiger partial charge is 0.491 e. The van der Waals surface area contributed by atoms with E-state index in [4.69, 9.17) is 23.6 Å². The van der Waals surface area contributed by atoms with Gasteiger partial charge in [0.2, 0.25) is 5.58 Å². The van der Waals surface area contributed by atoms with E-state index in [1.807, 2.05) is 62.4 Å². The number of rotatable bonds is 6. The molecule has 0 unspecified atom stereocenters. The zero-order chi connectivity index (χ0) is 27.9. The van der Waals surface area contributed by atoms with Gasteiger partial charge in [-0.3, -0.25) is 4.90 Å². The molecule has 10 heteroatoms. The molecule has 204 valence electrons. The molecule has 1 saturated heterocycles. The molecule has 1 aliphatic rings. The third kappa shape index (κ3) is 5.59. The molecule has 3 heterocycles. The first-order valence-electron chi connectivity index (χ1n) is 12.8. The third-order valence-electron chi connectivity index (χ3n) is 6.13. The Bertz CT molecular complexity index is 1520. The fourth-order valence-electron chi connectivity index (χ4n) is 4.53. The average Bonchev–Trinajstić information content (AvgIpc) is 3.45. The monoisotopic (exact) mass is 533 g/mol. The van der Waals surface area contributed by atoms with Gasteiger partial charge >= 0.3 is 12.1 Å². The van der Waals surface area contributed by atoms with Crippen LogP contribution in [0.25, 0.3) is 33.5 Å². The number of ether oxygens (including phenoxy) is 3. The summed E-state index contributed by atoms with van der Waals surface area (Å²) < 4.78 is 23.5. The Labute approximate surface area is 225 Å². The quantitative estimate of drug-likeness (QED) is 0.334. The molecular weight excluding hydrogens is 502 g/mol. The normalized spacial score (nSPS) is 17.6. The van der Waals surface area contributed by atoms with Crippen LogP contribution < -0.4 is 9.47 Å². The number of carboxylic acids is 1. The first-order valence-corrected chi connectivity index (χ1v) is 12.8. The summed E-state index contributed by atoms with van der Waals surface area (Å²) in [5, 5.41) is 10.6. The van der Waals surface area contributed by atoms with Gasteiger partial charge in [0.25, 0.3) is 5.88 Å². The Hall–Kier alpha value is -4.34. The van der Waals surface area contributed by atoms with Crippen LogP contribution in [0.1, 0.15) is 41.0 Å². The molecule has 0 saturated carbocycles. The summed E-state index contributed by atoms with van der Waals surface area (Å²) in [4.78, 5) is 35.4. The highest BCUT2D eigenvalue weighted by Crippen LogP contribution is 2.36. The topological polar surface area (TPSA) is 124 Å². The molecule has 2 aromatic heterocycles. The van der Waals surface area contributed by atoms with E-state index in [0.717, 1.165) is 16.7 Å². The first kappa shape index (κ1) is 26.3. The van der Waals surface area contributed by atoms with Crippen molar-refractivity contribution in [2.75, 3.05) is 6.54 Å². The Balaban J connectivity index is 1.51. The summed E-state index contributed by atoms with van der Waals surface area (Å²) in [5.74, 6) is 0.187. The minimum Gasteiger partial charge on any atom is -0.491 e. The number of nitrogens with zero attached hydrogens (tertiary/aromatic N) is 3. The van der Waals surface area contributed by atoms with Crippen LogP contribution in [0.4, 0.5) is 4.79 Å². The van der Waals surface area contributed by atoms with Crippen molar-refractivity contribution in [3.63, 3.8) is 0 Å². The van der Waals surface area contributed by atoms with Crippen molar-refractivity contribution in [2.45, 2.75) is 64.9 Å². The molecule has 10 nitrogen and oxygen atoms in total. The van der Waals surface area contributed by atoms with Crippen LogP contribution in [0.2, 0.25) is 0 Å². The molecule has 0 radical (unpaired) electrons. The maximum atomic E-state index is 12.8. The number of likely N-dealkylation sites (tertiary alicyclic amines) is 1. The number of hydrogen-bond donors (Lipinski definition) is 1. The molecule has 2 atom stereocenters. The Kier molecular flexibility index (Phi) is 6.80. The average molecular weight is 534 g/mol. The van der Waals surface area contributed by atoms with Crippen molar-refractivity contribution in [1.29, 1.82) is 0 Å². The number of furan rings is 1. The van der Waals surface area contributed by atoms with E-state index in [-0.39, 0.29) is 24.9 Å². The van der Waals surface area contributed by atoms with E-state index in [1.54, 1.807) is 20.8 Å². The van der Waals surface area contributed by atoms with Gasteiger partial charge in [0.05, 0.1) is 12.6 Å². The lowest BCUT2D eigenvalue weighted by Crippen LogP contribution is -2.43. The first-order chi connectivity index (χ1) is 18.5. The minimum absolute atomic E-state index is 0.0220. The lowest BCUT2D eigenvalue weighted by molar-refractivity contribution is -0.142. The predicted octanol–water partition coefficient (Wildman–Crippen LogP) is 5.67. The second kappa shape index (κ2) is 10.1. The Morgan fingerprint density at radius 2 is 1.79 bits per heavy atom. The predicted molar refractivity (Wildman–Crippen MR) is 144 cm³/mol. The van der Waals surface area contributed by atoms with Gasteiger partial charge in [-0.1, -0.05) is 12.1 Å². The number of fused-ring (bicyclic) bond motifs is 3. The SMILES string of the molecule is CC(C)Oc1ccc(-c2nc(O[C@@H]3C[C@@H](C(=O)O)N(C(=O)OC(C)(C)C)C3)c3oc4ccccc4c3n2)cc1. The smallest absolute Gasteiger partial charge is 0.411 e. The molecule has 1 amide bonds. The summed E-state index contributed by atoms with van der Waals surface area (Å²) in [6.45, 7) is 9.13. The van der Waals surface area contributed by atoms with Crippen LogP contribution >= 0.6 is 0 Å². The highest BCUT2D eigenvalue weighted by atomic mass is 16.6. The summed E-state index contributed by atoms with van der Waals surface area (Å²) >= 11 is 0. The summed E-state index contributed by atoms with van der Waals surface area (Å²) in [6, 6.07) is 13.8. The van der Waals surface area contributed by atoms with E-state index in [2.05, 4.69) is 4.98 Å². The minimum atomic E-state index is -1.13. The number of carboxylic acid groups (broad SMARTS) is 1. The van der Waals surface area contributed by atoms with Crippen LogP contribution in [-0.2, 0) is 9.53 Å². The van der Waals surface area contributed by atoms with Crippen molar-refractivity contribution in [2.24, 2.45) is 0 Å². The fourth-order valence-corrected chi connectivity index (χ4v) is 4.53. The van der Waals surface area contributed by atoms with E-state index >= 15 is 0 Å². The second-order valence-corrected chi connectivity index (χ2v) is 10.8. The molecule has 5 rings (SSSR count). The van der Waals surface area contributed by atoms with E-state index in [1.165, 1.54) is 4.90 Å². The summed E-state index contributed by atoms with van der Waals surface area (Å²) in [6.07, 6.45) is -1.25. The van der Waals surface area contributed by atoms with Crippen molar-refractivity contribution in [3.05, 3.63) is 48.5 Å². The van der Waals surface area contributed by atoms with Crippen LogP contribution in [0, 0.1) is 0 Å². The number of benzene rings is 2. The van der Waals surface area contributed by atoms with Crippen LogP contribution in [0.3, 0.4) is 0 Å². The lowest BCUT2D eigenvalue weighted by atomic mass is 10.2. The zero-order valence-electron chi connectivity index (χ0n) is 22.5. The van der Waals surface area contributed by atoms with Gasteiger partial charge in [-0.15, -0.1) is 0 Å². The molecule has 1 N–H and O–H groups in total. The van der Waals surface area contributed by atoms with E-state index in [9.17, 15) is 14.7 Å². The lowest BCUT2D eigenvalue weighted by Gasteiger charge is -2.26. The molecule has 4 aromatic rings. The second-order valence-electron chi connectivity index (χ2n) is 10.8. The molecular formula is C29H31N3O7. The summed E-state index contributed by atoms with van der Waals surface area (Å²) in [7, 11) is 0. The summed E-state index contributed by atoms with van der Waals surface area (Å²) in [5.41, 5.74) is 1.52. The fraction of sp³-hybridized carbons (Fsp3) is 0.379. The van der Waals surface area contributed by atoms with Crippen molar-refractivity contribution < 1.29 is 33.3 Å². The van der Waals surface area contributed by atoms with Gasteiger partial charge in [0, 0.05) is 17.4 Å². The van der Waals surface area contributed by atoms with Crippen molar-refractivity contribution >= 4 is 34.1 Å². The van der Waals surface area contributed by atoms with Gasteiger partial charge < -0.3 is 23.7 Å². The van der Waals surface area contributed by atoms with Crippen LogP contribution in [-0.4, -0.2) is 62.4 Å². The molecule has 2 aromatic carbocycles. The number of hydrogen-bond acceptors (Lipinski definition) is 8. The van der Waals surface area contributed by atoms with Gasteiger partial charge in [0.15, 0.2) is 5.82 Å². The van der Waals surface area contributed by atoms with Crippen LogP contribution in [0.15, 0.2) is 52.9 Å². The van der Waals surface area contributed by atoms with Crippen molar-refractivity contribution in [1.82, 2.24) is 14.9 Å². The van der Waals surface area contributed by atoms with E-state index < -0.39 is 29.8 Å². The van der Waals surface area contributed by atoms with Crippen LogP contribution in [0.5, 0.6) is 11.6 Å². The third-order valence-corrected chi connectivity index (χ3v) is 6.13. The maximum absolute atomic E-state index is 12.8. The Morgan fingerprint density at radius 1 is 1.08 bits per heavy atom. The number of aromatic nitrogens is 2. The molecule has 0 spiro atoms. The highest BCUT2D eigenvalue weighted by Gasteiger charge is 2.43. The molecule has 0 aliphatic carbocycles. The van der Waals surface area contributed by atoms with Gasteiger partial charge in [-0.2, -0.15) is 4.98 Å². The van der Waals surface area contributed by atoms with Gasteiger partial charge in [-0.05, 0) is 71.0 Å². The number of carbonyl (C=O) groups is 2. The standard InChI is InChI=1S/C29H31N3O7/c1-16(2)36-18-12-10-17(11-13-18)25-30-23-20-8-6-7-9-22(20)38-24(23)26(31-25)37-19-14-21(27(33)34)32(15-19)28(35)39-29(3,4)5/h6-13,16,19,21H,14-15H2,1-5H3,(H,33,34)/t19-,21+/m1/s1. The molecule has 1 fully saturated rings. The van der Waals surface area contributed by atoms with Gasteiger partial charge in [-0.25, -0.2) is 14.6 Å².